The normalized spacial score (nSPS) is 15.4. The number of hydrogen-bond donors (Lipinski definition) is 2. The van der Waals surface area contributed by atoms with Crippen LogP contribution >= 0.6 is 12.2 Å². The molecule has 0 atom stereocenters. The van der Waals surface area contributed by atoms with E-state index in [4.69, 9.17) is 12.2 Å². The quantitative estimate of drug-likeness (QED) is 0.732. The maximum atomic E-state index is 12.7. The van der Waals surface area contributed by atoms with E-state index < -0.39 is 0 Å². The van der Waals surface area contributed by atoms with Crippen molar-refractivity contribution < 1.29 is 9.18 Å². The van der Waals surface area contributed by atoms with Gasteiger partial charge >= 0.3 is 0 Å². The minimum atomic E-state index is -0.293. The van der Waals surface area contributed by atoms with Crippen LogP contribution in [0.2, 0.25) is 0 Å². The van der Waals surface area contributed by atoms with Gasteiger partial charge in [0.2, 0.25) is 5.91 Å². The Morgan fingerprint density at radius 1 is 1.41 bits per heavy atom. The molecule has 1 amide bonds. The molecule has 0 spiro atoms. The van der Waals surface area contributed by atoms with Crippen LogP contribution in [-0.2, 0) is 4.79 Å². The fraction of sp³-hybridized carbons (Fsp3) is 0.273. The van der Waals surface area contributed by atoms with Crippen LogP contribution in [0.1, 0.15) is 0 Å². The van der Waals surface area contributed by atoms with Crippen LogP contribution in [0.3, 0.4) is 0 Å². The summed E-state index contributed by atoms with van der Waals surface area (Å²) in [6.45, 7) is 1.52. The van der Waals surface area contributed by atoms with Crippen molar-refractivity contribution in [2.75, 3.05) is 25.0 Å². The molecular formula is C11H12FN3OS. The van der Waals surface area contributed by atoms with E-state index >= 15 is 0 Å². The number of carbonyl (C=O) groups excluding carboxylic acids is 1. The lowest BCUT2D eigenvalue weighted by Crippen LogP contribution is -2.51. The van der Waals surface area contributed by atoms with Crippen molar-refractivity contribution >= 4 is 28.9 Å². The summed E-state index contributed by atoms with van der Waals surface area (Å²) >= 11 is 5.18. The van der Waals surface area contributed by atoms with Crippen molar-refractivity contribution in [3.63, 3.8) is 0 Å². The average Bonchev–Trinajstić information content (AvgIpc) is 2.32. The summed E-state index contributed by atoms with van der Waals surface area (Å²) in [6, 6.07) is 5.92. The fourth-order valence-electron chi connectivity index (χ4n) is 1.55. The van der Waals surface area contributed by atoms with Crippen LogP contribution in [0.25, 0.3) is 0 Å². The van der Waals surface area contributed by atoms with Gasteiger partial charge in [0.05, 0.1) is 6.54 Å². The summed E-state index contributed by atoms with van der Waals surface area (Å²) in [5, 5.41) is 6.17. The molecule has 0 aliphatic carbocycles. The lowest BCUT2D eigenvalue weighted by atomic mass is 10.3. The van der Waals surface area contributed by atoms with Crippen LogP contribution < -0.4 is 10.6 Å². The predicted octanol–water partition coefficient (Wildman–Crippen LogP) is 0.954. The maximum absolute atomic E-state index is 12.7. The fourth-order valence-corrected chi connectivity index (χ4v) is 1.82. The minimum Gasteiger partial charge on any atom is -0.353 e. The highest BCUT2D eigenvalue weighted by Gasteiger charge is 2.18. The smallest absolute Gasteiger partial charge is 0.239 e. The summed E-state index contributed by atoms with van der Waals surface area (Å²) in [5.41, 5.74) is 0.711. The predicted molar refractivity (Wildman–Crippen MR) is 67.2 cm³/mol. The molecular weight excluding hydrogens is 241 g/mol. The third-order valence-electron chi connectivity index (χ3n) is 2.42. The third-order valence-corrected chi connectivity index (χ3v) is 2.78. The number of rotatable bonds is 1. The third kappa shape index (κ3) is 3.13. The van der Waals surface area contributed by atoms with Gasteiger partial charge in [-0.15, -0.1) is 0 Å². The van der Waals surface area contributed by atoms with Gasteiger partial charge in [0.25, 0.3) is 0 Å². The van der Waals surface area contributed by atoms with E-state index in [1.54, 1.807) is 17.0 Å². The van der Waals surface area contributed by atoms with Gasteiger partial charge in [-0.25, -0.2) is 4.39 Å². The number of nitrogens with zero attached hydrogens (tertiary/aromatic N) is 1. The number of thiocarbonyl (C=S) groups is 1. The Morgan fingerprint density at radius 3 is 2.76 bits per heavy atom. The Bertz CT molecular complexity index is 435. The molecule has 0 unspecified atom stereocenters. The van der Waals surface area contributed by atoms with Crippen molar-refractivity contribution in [2.45, 2.75) is 0 Å². The summed E-state index contributed by atoms with van der Waals surface area (Å²) in [6.07, 6.45) is 0. The lowest BCUT2D eigenvalue weighted by Gasteiger charge is -2.29. The molecule has 6 heteroatoms. The van der Waals surface area contributed by atoms with E-state index in [-0.39, 0.29) is 18.3 Å². The highest BCUT2D eigenvalue weighted by atomic mass is 32.1. The molecule has 2 rings (SSSR count). The number of hydrogen-bond acceptors (Lipinski definition) is 2. The molecule has 17 heavy (non-hydrogen) atoms. The number of halogens is 1. The van der Waals surface area contributed by atoms with Gasteiger partial charge in [0.1, 0.15) is 5.82 Å². The van der Waals surface area contributed by atoms with E-state index in [0.29, 0.717) is 23.9 Å². The molecule has 4 nitrogen and oxygen atoms in total. The topological polar surface area (TPSA) is 44.4 Å². The molecule has 0 radical (unpaired) electrons. The largest absolute Gasteiger partial charge is 0.353 e. The van der Waals surface area contributed by atoms with Gasteiger partial charge in [0.15, 0.2) is 5.11 Å². The number of benzene rings is 1. The molecule has 0 saturated carbocycles. The minimum absolute atomic E-state index is 0.0421. The van der Waals surface area contributed by atoms with E-state index in [0.717, 1.165) is 0 Å². The Balaban J connectivity index is 1.96. The van der Waals surface area contributed by atoms with Crippen LogP contribution in [0, 0.1) is 5.82 Å². The zero-order valence-electron chi connectivity index (χ0n) is 9.07. The Labute approximate surface area is 104 Å². The maximum Gasteiger partial charge on any atom is 0.239 e. The van der Waals surface area contributed by atoms with Crippen LogP contribution in [-0.4, -0.2) is 35.6 Å². The molecule has 1 aromatic carbocycles. The summed E-state index contributed by atoms with van der Waals surface area (Å²) < 4.78 is 12.7. The number of amides is 1. The second kappa shape index (κ2) is 5.09. The summed E-state index contributed by atoms with van der Waals surface area (Å²) in [4.78, 5) is 13.0. The Morgan fingerprint density at radius 2 is 2.12 bits per heavy atom. The van der Waals surface area contributed by atoms with Crippen molar-refractivity contribution in [3.05, 3.63) is 30.1 Å². The molecule has 1 aliphatic rings. The number of nitrogens with one attached hydrogen (secondary N) is 2. The van der Waals surface area contributed by atoms with E-state index in [2.05, 4.69) is 10.6 Å². The Hall–Kier alpha value is -1.69. The van der Waals surface area contributed by atoms with Gasteiger partial charge in [-0.1, -0.05) is 0 Å². The summed E-state index contributed by atoms with van der Waals surface area (Å²) in [7, 11) is 0. The Kier molecular flexibility index (Phi) is 3.53. The zero-order valence-corrected chi connectivity index (χ0v) is 9.89. The van der Waals surface area contributed by atoms with Gasteiger partial charge in [-0.3, -0.25) is 4.79 Å². The molecule has 1 aromatic rings. The van der Waals surface area contributed by atoms with Crippen LogP contribution in [0.4, 0.5) is 10.1 Å². The first-order valence-corrected chi connectivity index (χ1v) is 5.64. The van der Waals surface area contributed by atoms with Crippen molar-refractivity contribution in [2.24, 2.45) is 0 Å². The van der Waals surface area contributed by atoms with Crippen molar-refractivity contribution in [3.8, 4) is 0 Å². The SMILES string of the molecule is O=C1CN(C(=S)Nc2ccc(F)cc2)CCN1. The molecule has 0 aromatic heterocycles. The average molecular weight is 253 g/mol. The van der Waals surface area contributed by atoms with E-state index in [1.165, 1.54) is 12.1 Å². The molecule has 1 saturated heterocycles. The molecule has 2 N–H and O–H groups in total. The van der Waals surface area contributed by atoms with Gasteiger partial charge < -0.3 is 15.5 Å². The number of anilines is 1. The monoisotopic (exact) mass is 253 g/mol. The van der Waals surface area contributed by atoms with Crippen LogP contribution in [0.15, 0.2) is 24.3 Å². The highest BCUT2D eigenvalue weighted by Crippen LogP contribution is 2.09. The van der Waals surface area contributed by atoms with Gasteiger partial charge in [0, 0.05) is 18.8 Å². The molecule has 1 heterocycles. The molecule has 1 fully saturated rings. The van der Waals surface area contributed by atoms with Crippen LogP contribution in [0.5, 0.6) is 0 Å². The second-order valence-electron chi connectivity index (χ2n) is 3.71. The first kappa shape index (κ1) is 11.8. The molecule has 1 aliphatic heterocycles. The van der Waals surface area contributed by atoms with E-state index in [1.807, 2.05) is 0 Å². The van der Waals surface area contributed by atoms with Gasteiger partial charge in [-0.05, 0) is 36.5 Å². The second-order valence-corrected chi connectivity index (χ2v) is 4.10. The first-order chi connectivity index (χ1) is 8.15. The standard InChI is InChI=1S/C11H12FN3OS/c12-8-1-3-9(4-2-8)14-11(17)15-6-5-13-10(16)7-15/h1-4H,5-7H2,(H,13,16)(H,14,17). The number of piperazine rings is 1. The molecule has 0 bridgehead atoms. The zero-order chi connectivity index (χ0) is 12.3. The lowest BCUT2D eigenvalue weighted by molar-refractivity contribution is -0.122. The molecule has 90 valence electrons. The van der Waals surface area contributed by atoms with Crippen molar-refractivity contribution in [1.82, 2.24) is 10.2 Å². The highest BCUT2D eigenvalue weighted by molar-refractivity contribution is 7.80. The van der Waals surface area contributed by atoms with E-state index in [9.17, 15) is 9.18 Å². The summed E-state index contributed by atoms with van der Waals surface area (Å²) in [5.74, 6) is -0.335. The first-order valence-electron chi connectivity index (χ1n) is 5.23. The number of carbonyl (C=O) groups is 1. The van der Waals surface area contributed by atoms with Crippen molar-refractivity contribution in [1.29, 1.82) is 0 Å². The van der Waals surface area contributed by atoms with Gasteiger partial charge in [-0.2, -0.15) is 0 Å².